The maximum absolute atomic E-state index is 13.1. The molecule has 3 nitrogen and oxygen atoms in total. The fourth-order valence-corrected chi connectivity index (χ4v) is 1.31. The molecule has 1 aromatic rings. The van der Waals surface area contributed by atoms with Crippen LogP contribution in [0.5, 0.6) is 0 Å². The number of halogens is 3. The summed E-state index contributed by atoms with van der Waals surface area (Å²) in [6, 6.07) is 1.07. The van der Waals surface area contributed by atoms with Crippen molar-refractivity contribution >= 4 is 5.91 Å². The molecule has 0 spiro atoms. The van der Waals surface area contributed by atoms with Crippen LogP contribution in [0.15, 0.2) is 12.1 Å². The van der Waals surface area contributed by atoms with Crippen molar-refractivity contribution in [1.29, 1.82) is 0 Å². The molecule has 0 saturated heterocycles. The van der Waals surface area contributed by atoms with E-state index in [0.717, 1.165) is 0 Å². The molecule has 0 fully saturated rings. The number of hydrogen-bond acceptors (Lipinski definition) is 2. The van der Waals surface area contributed by atoms with E-state index in [0.29, 0.717) is 12.1 Å². The van der Waals surface area contributed by atoms with E-state index in [1.54, 1.807) is 0 Å². The van der Waals surface area contributed by atoms with E-state index < -0.39 is 29.5 Å². The smallest absolute Gasteiger partial charge is 0.311 e. The molecule has 0 aliphatic rings. The van der Waals surface area contributed by atoms with Crippen molar-refractivity contribution in [3.8, 4) is 0 Å². The topological polar surface area (TPSA) is 64.9 Å². The van der Waals surface area contributed by atoms with Gasteiger partial charge in [-0.15, -0.1) is 0 Å². The van der Waals surface area contributed by atoms with Crippen LogP contribution in [0, 0.1) is 17.5 Å². The van der Waals surface area contributed by atoms with Gasteiger partial charge in [-0.25, -0.2) is 18.0 Å². The van der Waals surface area contributed by atoms with Gasteiger partial charge < -0.3 is 5.11 Å². The molecule has 0 radical (unpaired) electrons. The van der Waals surface area contributed by atoms with Crippen LogP contribution in [0.1, 0.15) is 12.0 Å². The molecule has 0 aliphatic carbocycles. The van der Waals surface area contributed by atoms with Gasteiger partial charge in [0.25, 0.3) is 0 Å². The lowest BCUT2D eigenvalue weighted by atomic mass is 10.0. The van der Waals surface area contributed by atoms with E-state index in [-0.39, 0.29) is 18.4 Å². The number of carbonyl (C=O) groups excluding carboxylic acids is 1. The average Bonchev–Trinajstić information content (AvgIpc) is 2.12. The van der Waals surface area contributed by atoms with Crippen molar-refractivity contribution in [2.75, 3.05) is 0 Å². The van der Waals surface area contributed by atoms with Gasteiger partial charge in [-0.2, -0.15) is 0 Å². The standard InChI is InChI=1S/C10H10F3NO2/c11-7-4-9(13)8(12)2-5(7)1-6(15)3-10(14)16/h2,4,6,15H,1,3H2,(H2,14,16)/p+1. The van der Waals surface area contributed by atoms with Crippen LogP contribution in [0.3, 0.4) is 0 Å². The molecule has 0 bridgehead atoms. The lowest BCUT2D eigenvalue weighted by Gasteiger charge is -2.08. The maximum Gasteiger partial charge on any atom is 0.311 e. The van der Waals surface area contributed by atoms with E-state index in [9.17, 15) is 23.1 Å². The van der Waals surface area contributed by atoms with Crippen LogP contribution in [0.25, 0.3) is 0 Å². The molecule has 1 amide bonds. The van der Waals surface area contributed by atoms with Gasteiger partial charge in [0.15, 0.2) is 11.6 Å². The number of aliphatic hydroxyl groups excluding tert-OH is 1. The van der Waals surface area contributed by atoms with Crippen LogP contribution in [0.2, 0.25) is 0 Å². The largest absolute Gasteiger partial charge is 0.392 e. The van der Waals surface area contributed by atoms with Gasteiger partial charge in [0.05, 0.1) is 12.5 Å². The summed E-state index contributed by atoms with van der Waals surface area (Å²) in [5, 5.41) is 9.31. The molecule has 0 heterocycles. The lowest BCUT2D eigenvalue weighted by molar-refractivity contribution is -0.307. The monoisotopic (exact) mass is 234 g/mol. The third kappa shape index (κ3) is 3.32. The molecule has 0 saturated carbocycles. The van der Waals surface area contributed by atoms with E-state index >= 15 is 0 Å². The molecular formula is C10H11F3NO2+. The number of rotatable bonds is 4. The Balaban J connectivity index is 2.81. The molecule has 1 atom stereocenters. The Morgan fingerprint density at radius 2 is 1.81 bits per heavy atom. The number of benzene rings is 1. The second-order valence-electron chi connectivity index (χ2n) is 3.46. The Kier molecular flexibility index (Phi) is 4.03. The summed E-state index contributed by atoms with van der Waals surface area (Å²) < 4.78 is 38.4. The van der Waals surface area contributed by atoms with E-state index in [1.807, 2.05) is 0 Å². The Morgan fingerprint density at radius 3 is 2.38 bits per heavy atom. The molecule has 1 rings (SSSR count). The maximum atomic E-state index is 13.1. The normalized spacial score (nSPS) is 12.6. The SMILES string of the molecule is [NH3+]C(=O)CC(O)Cc1cc(F)c(F)cc1F. The van der Waals surface area contributed by atoms with Crippen LogP contribution in [-0.2, 0) is 11.2 Å². The zero-order chi connectivity index (χ0) is 12.3. The molecule has 1 aromatic carbocycles. The predicted octanol–water partition coefficient (Wildman–Crippen LogP) is 0.166. The molecule has 88 valence electrons. The highest BCUT2D eigenvalue weighted by atomic mass is 19.2. The average molecular weight is 234 g/mol. The molecule has 1 unspecified atom stereocenters. The molecule has 0 aromatic heterocycles. The Bertz CT molecular complexity index is 409. The first-order valence-corrected chi connectivity index (χ1v) is 4.56. The number of hydrogen-bond donors (Lipinski definition) is 2. The van der Waals surface area contributed by atoms with Gasteiger partial charge in [-0.3, -0.25) is 5.73 Å². The fraction of sp³-hybridized carbons (Fsp3) is 0.300. The second kappa shape index (κ2) is 5.09. The Hall–Kier alpha value is -1.40. The summed E-state index contributed by atoms with van der Waals surface area (Å²) in [6.45, 7) is 0. The number of quaternary nitrogens is 1. The van der Waals surface area contributed by atoms with E-state index in [1.165, 1.54) is 0 Å². The minimum atomic E-state index is -1.29. The zero-order valence-electron chi connectivity index (χ0n) is 8.34. The van der Waals surface area contributed by atoms with Crippen LogP contribution >= 0.6 is 0 Å². The van der Waals surface area contributed by atoms with E-state index in [2.05, 4.69) is 5.73 Å². The summed E-state index contributed by atoms with van der Waals surface area (Å²) in [5.41, 5.74) is 2.87. The first-order valence-electron chi connectivity index (χ1n) is 4.56. The summed E-state index contributed by atoms with van der Waals surface area (Å²) >= 11 is 0. The predicted molar refractivity (Wildman–Crippen MR) is 48.5 cm³/mol. The number of amides is 1. The third-order valence-corrected chi connectivity index (χ3v) is 2.01. The van der Waals surface area contributed by atoms with Crippen LogP contribution in [0.4, 0.5) is 13.2 Å². The highest BCUT2D eigenvalue weighted by Gasteiger charge is 2.16. The van der Waals surface area contributed by atoms with Crippen LogP contribution in [-0.4, -0.2) is 17.1 Å². The van der Waals surface area contributed by atoms with E-state index in [4.69, 9.17) is 0 Å². The quantitative estimate of drug-likeness (QED) is 0.729. The minimum absolute atomic E-state index is 0.173. The van der Waals surface area contributed by atoms with Gasteiger partial charge in [-0.05, 0) is 11.6 Å². The van der Waals surface area contributed by atoms with Gasteiger partial charge in [0.1, 0.15) is 5.82 Å². The van der Waals surface area contributed by atoms with Crippen LogP contribution < -0.4 is 5.73 Å². The summed E-state index contributed by atoms with van der Waals surface area (Å²) in [5.74, 6) is -3.93. The first-order chi connectivity index (χ1) is 7.40. The van der Waals surface area contributed by atoms with Crippen molar-refractivity contribution in [2.24, 2.45) is 0 Å². The molecule has 4 N–H and O–H groups in total. The van der Waals surface area contributed by atoms with Crippen molar-refractivity contribution < 1.29 is 28.8 Å². The van der Waals surface area contributed by atoms with Gasteiger partial charge in [-0.1, -0.05) is 0 Å². The first kappa shape index (κ1) is 12.7. The molecule has 16 heavy (non-hydrogen) atoms. The van der Waals surface area contributed by atoms with Gasteiger partial charge >= 0.3 is 5.91 Å². The van der Waals surface area contributed by atoms with Gasteiger partial charge in [0, 0.05) is 12.5 Å². The Morgan fingerprint density at radius 1 is 1.25 bits per heavy atom. The second-order valence-corrected chi connectivity index (χ2v) is 3.46. The Labute approximate surface area is 89.7 Å². The highest BCUT2D eigenvalue weighted by Crippen LogP contribution is 2.15. The number of aliphatic hydroxyl groups is 1. The summed E-state index contributed by atoms with van der Waals surface area (Å²) in [7, 11) is 0. The highest BCUT2D eigenvalue weighted by molar-refractivity contribution is 5.64. The van der Waals surface area contributed by atoms with Gasteiger partial charge in [0.2, 0.25) is 0 Å². The summed E-state index contributed by atoms with van der Waals surface area (Å²) in [4.78, 5) is 10.6. The fourth-order valence-electron chi connectivity index (χ4n) is 1.31. The third-order valence-electron chi connectivity index (χ3n) is 2.01. The molecule has 6 heteroatoms. The minimum Gasteiger partial charge on any atom is -0.392 e. The van der Waals surface area contributed by atoms with Crippen molar-refractivity contribution in [1.82, 2.24) is 0 Å². The molecular weight excluding hydrogens is 223 g/mol. The van der Waals surface area contributed by atoms with Crippen molar-refractivity contribution in [3.05, 3.63) is 35.1 Å². The number of carbonyl (C=O) groups is 1. The van der Waals surface area contributed by atoms with Crippen molar-refractivity contribution in [2.45, 2.75) is 18.9 Å². The zero-order valence-corrected chi connectivity index (χ0v) is 8.34. The lowest BCUT2D eigenvalue weighted by Crippen LogP contribution is -2.58. The van der Waals surface area contributed by atoms with Crippen molar-refractivity contribution in [3.63, 3.8) is 0 Å². The molecule has 0 aliphatic heterocycles. The summed E-state index contributed by atoms with van der Waals surface area (Å²) in [6.07, 6.45) is -1.66.